The molecule has 0 radical (unpaired) electrons. The molecule has 0 amide bonds. The smallest absolute Gasteiger partial charge is 0.0177 e. The maximum Gasteiger partial charge on any atom is 0.0177 e. The Labute approximate surface area is 128 Å². The van der Waals surface area contributed by atoms with Crippen molar-refractivity contribution >= 4 is 0 Å². The van der Waals surface area contributed by atoms with E-state index in [1.807, 2.05) is 0 Å². The highest BCUT2D eigenvalue weighted by atomic mass is 15.3. The summed E-state index contributed by atoms with van der Waals surface area (Å²) in [4.78, 5) is 2.94. The first-order chi connectivity index (χ1) is 10.4. The molecule has 0 aromatic heterocycles. The molecule has 2 nitrogen and oxygen atoms in total. The Morgan fingerprint density at radius 3 is 2.43 bits per heavy atom. The standard InChI is InChI=1S/C19H28N2/c1-2-20-15-11-16-9-6-10-17(12-15)21(16)19-13-18(19)14-7-4-3-5-8-14/h3-5,7-8,15-20H,2,6,9-13H2,1H3. The SMILES string of the molecule is CCNC1CC2CCCC(C1)N2C1CC1c1ccccc1. The fourth-order valence-electron chi connectivity index (χ4n) is 4.98. The fraction of sp³-hybridized carbons (Fsp3) is 0.684. The van der Waals surface area contributed by atoms with E-state index in [-0.39, 0.29) is 0 Å². The van der Waals surface area contributed by atoms with Gasteiger partial charge in [-0.2, -0.15) is 0 Å². The number of hydrogen-bond acceptors (Lipinski definition) is 2. The maximum atomic E-state index is 3.71. The molecule has 1 saturated carbocycles. The number of rotatable bonds is 4. The van der Waals surface area contributed by atoms with E-state index in [0.717, 1.165) is 36.6 Å². The molecular formula is C19H28N2. The maximum absolute atomic E-state index is 3.71. The molecule has 114 valence electrons. The molecule has 1 aromatic rings. The van der Waals surface area contributed by atoms with Gasteiger partial charge >= 0.3 is 0 Å². The normalized spacial score (nSPS) is 39.2. The molecule has 2 heteroatoms. The fourth-order valence-corrected chi connectivity index (χ4v) is 4.98. The Balaban J connectivity index is 1.47. The second-order valence-corrected chi connectivity index (χ2v) is 7.23. The Morgan fingerprint density at radius 1 is 1.05 bits per heavy atom. The van der Waals surface area contributed by atoms with Crippen molar-refractivity contribution in [3.63, 3.8) is 0 Å². The van der Waals surface area contributed by atoms with Crippen LogP contribution in [0.5, 0.6) is 0 Å². The molecule has 1 aliphatic carbocycles. The van der Waals surface area contributed by atoms with Gasteiger partial charge in [0.25, 0.3) is 0 Å². The second-order valence-electron chi connectivity index (χ2n) is 7.23. The van der Waals surface area contributed by atoms with Gasteiger partial charge < -0.3 is 5.32 Å². The summed E-state index contributed by atoms with van der Waals surface area (Å²) < 4.78 is 0. The lowest BCUT2D eigenvalue weighted by molar-refractivity contribution is 0.0162. The van der Waals surface area contributed by atoms with E-state index in [2.05, 4.69) is 47.5 Å². The average molecular weight is 284 g/mol. The molecule has 2 heterocycles. The van der Waals surface area contributed by atoms with E-state index < -0.39 is 0 Å². The number of nitrogens with one attached hydrogen (secondary N) is 1. The third-order valence-corrected chi connectivity index (χ3v) is 5.89. The zero-order chi connectivity index (χ0) is 14.2. The van der Waals surface area contributed by atoms with Crippen LogP contribution >= 0.6 is 0 Å². The van der Waals surface area contributed by atoms with Gasteiger partial charge in [-0.3, -0.25) is 4.90 Å². The van der Waals surface area contributed by atoms with Gasteiger partial charge in [-0.25, -0.2) is 0 Å². The molecule has 1 N–H and O–H groups in total. The van der Waals surface area contributed by atoms with Gasteiger partial charge in [0.1, 0.15) is 0 Å². The molecule has 3 fully saturated rings. The summed E-state index contributed by atoms with van der Waals surface area (Å²) in [5, 5.41) is 3.71. The van der Waals surface area contributed by atoms with E-state index >= 15 is 0 Å². The van der Waals surface area contributed by atoms with Gasteiger partial charge in [0.2, 0.25) is 0 Å². The van der Waals surface area contributed by atoms with Gasteiger partial charge in [0.15, 0.2) is 0 Å². The molecule has 21 heavy (non-hydrogen) atoms. The molecule has 4 atom stereocenters. The van der Waals surface area contributed by atoms with Crippen LogP contribution in [0.15, 0.2) is 30.3 Å². The molecule has 0 spiro atoms. The molecule has 4 rings (SSSR count). The summed E-state index contributed by atoms with van der Waals surface area (Å²) in [6.45, 7) is 3.37. The van der Waals surface area contributed by atoms with Crippen molar-refractivity contribution in [2.45, 2.75) is 75.5 Å². The van der Waals surface area contributed by atoms with Crippen LogP contribution in [0.4, 0.5) is 0 Å². The molecule has 1 aromatic carbocycles. The summed E-state index contributed by atoms with van der Waals surface area (Å²) in [5.74, 6) is 0.810. The lowest BCUT2D eigenvalue weighted by Crippen LogP contribution is -2.57. The topological polar surface area (TPSA) is 15.3 Å². The third-order valence-electron chi connectivity index (χ3n) is 5.89. The van der Waals surface area contributed by atoms with Gasteiger partial charge in [-0.05, 0) is 44.2 Å². The highest BCUT2D eigenvalue weighted by Gasteiger charge is 2.50. The molecule has 2 aliphatic heterocycles. The van der Waals surface area contributed by atoms with E-state index in [1.165, 1.54) is 38.5 Å². The number of fused-ring (bicyclic) bond motifs is 2. The van der Waals surface area contributed by atoms with Crippen molar-refractivity contribution in [3.8, 4) is 0 Å². The summed E-state index contributed by atoms with van der Waals surface area (Å²) in [6, 6.07) is 14.5. The van der Waals surface area contributed by atoms with Crippen molar-refractivity contribution in [2.24, 2.45) is 0 Å². The minimum absolute atomic E-state index is 0.774. The number of piperidine rings is 2. The summed E-state index contributed by atoms with van der Waals surface area (Å²) in [5.41, 5.74) is 1.56. The van der Waals surface area contributed by atoms with Gasteiger partial charge in [0.05, 0.1) is 0 Å². The van der Waals surface area contributed by atoms with Crippen molar-refractivity contribution < 1.29 is 0 Å². The van der Waals surface area contributed by atoms with Gasteiger partial charge in [-0.1, -0.05) is 43.7 Å². The zero-order valence-corrected chi connectivity index (χ0v) is 13.2. The van der Waals surface area contributed by atoms with E-state index in [4.69, 9.17) is 0 Å². The van der Waals surface area contributed by atoms with Crippen molar-refractivity contribution in [1.82, 2.24) is 10.2 Å². The van der Waals surface area contributed by atoms with Crippen molar-refractivity contribution in [1.29, 1.82) is 0 Å². The van der Waals surface area contributed by atoms with Crippen LogP contribution in [-0.4, -0.2) is 35.6 Å². The van der Waals surface area contributed by atoms with Gasteiger partial charge in [-0.15, -0.1) is 0 Å². The van der Waals surface area contributed by atoms with Crippen molar-refractivity contribution in [2.75, 3.05) is 6.54 Å². The summed E-state index contributed by atoms with van der Waals surface area (Å²) in [6.07, 6.45) is 8.45. The third kappa shape index (κ3) is 2.64. The van der Waals surface area contributed by atoms with Crippen LogP contribution < -0.4 is 5.32 Å². The van der Waals surface area contributed by atoms with Gasteiger partial charge in [0, 0.05) is 30.1 Å². The first-order valence-corrected chi connectivity index (χ1v) is 8.92. The summed E-state index contributed by atoms with van der Waals surface area (Å²) in [7, 11) is 0. The first-order valence-electron chi connectivity index (χ1n) is 8.92. The lowest BCUT2D eigenvalue weighted by atomic mass is 9.81. The van der Waals surface area contributed by atoms with Crippen LogP contribution in [0.2, 0.25) is 0 Å². The average Bonchev–Trinajstić information content (AvgIpc) is 3.28. The highest BCUT2D eigenvalue weighted by Crippen LogP contribution is 2.50. The Bertz CT molecular complexity index is 458. The quantitative estimate of drug-likeness (QED) is 0.910. The number of nitrogens with zero attached hydrogens (tertiary/aromatic N) is 1. The molecule has 3 aliphatic rings. The van der Waals surface area contributed by atoms with Crippen LogP contribution in [0, 0.1) is 0 Å². The van der Waals surface area contributed by atoms with Crippen LogP contribution in [-0.2, 0) is 0 Å². The second kappa shape index (κ2) is 5.73. The predicted octanol–water partition coefficient (Wildman–Crippen LogP) is 3.54. The Morgan fingerprint density at radius 2 is 1.76 bits per heavy atom. The van der Waals surface area contributed by atoms with E-state index in [0.29, 0.717) is 0 Å². The zero-order valence-electron chi connectivity index (χ0n) is 13.2. The van der Waals surface area contributed by atoms with E-state index in [1.54, 1.807) is 5.56 Å². The largest absolute Gasteiger partial charge is 0.314 e. The van der Waals surface area contributed by atoms with Crippen LogP contribution in [0.3, 0.4) is 0 Å². The monoisotopic (exact) mass is 284 g/mol. The minimum Gasteiger partial charge on any atom is -0.314 e. The predicted molar refractivity (Wildman–Crippen MR) is 87.6 cm³/mol. The number of benzene rings is 1. The Hall–Kier alpha value is -0.860. The minimum atomic E-state index is 0.774. The van der Waals surface area contributed by atoms with Crippen molar-refractivity contribution in [3.05, 3.63) is 35.9 Å². The van der Waals surface area contributed by atoms with E-state index in [9.17, 15) is 0 Å². The molecular weight excluding hydrogens is 256 g/mol. The van der Waals surface area contributed by atoms with Crippen LogP contribution in [0.1, 0.15) is 56.9 Å². The lowest BCUT2D eigenvalue weighted by Gasteiger charge is -2.49. The number of hydrogen-bond donors (Lipinski definition) is 1. The first kappa shape index (κ1) is 13.8. The molecule has 2 bridgehead atoms. The molecule has 2 saturated heterocycles. The summed E-state index contributed by atoms with van der Waals surface area (Å²) >= 11 is 0. The van der Waals surface area contributed by atoms with Crippen LogP contribution in [0.25, 0.3) is 0 Å². The molecule has 4 unspecified atom stereocenters. The Kier molecular flexibility index (Phi) is 3.76. The highest BCUT2D eigenvalue weighted by molar-refractivity contribution is 5.28.